The van der Waals surface area contributed by atoms with E-state index in [0.29, 0.717) is 17.1 Å². The zero-order chi connectivity index (χ0) is 14.0. The molecular weight excluding hydrogens is 264 g/mol. The second kappa shape index (κ2) is 5.77. The van der Waals surface area contributed by atoms with E-state index in [1.165, 1.54) is 0 Å². The Morgan fingerprint density at radius 3 is 2.79 bits per heavy atom. The van der Waals surface area contributed by atoms with E-state index in [2.05, 4.69) is 16.8 Å². The predicted molar refractivity (Wildman–Crippen MR) is 77.7 cm³/mol. The van der Waals surface area contributed by atoms with Crippen LogP contribution in [0.5, 0.6) is 0 Å². The van der Waals surface area contributed by atoms with Crippen molar-refractivity contribution >= 4 is 23.2 Å². The van der Waals surface area contributed by atoms with E-state index in [0.717, 1.165) is 25.3 Å². The van der Waals surface area contributed by atoms with Crippen molar-refractivity contribution in [3.8, 4) is 0 Å². The van der Waals surface area contributed by atoms with Crippen LogP contribution in [-0.4, -0.2) is 50.1 Å². The van der Waals surface area contributed by atoms with Crippen molar-refractivity contribution in [3.63, 3.8) is 0 Å². The quantitative estimate of drug-likeness (QED) is 0.847. The zero-order valence-electron chi connectivity index (χ0n) is 11.0. The molecule has 1 aliphatic heterocycles. The summed E-state index contributed by atoms with van der Waals surface area (Å²) in [5.41, 5.74) is 12.4. The molecule has 0 bridgehead atoms. The van der Waals surface area contributed by atoms with E-state index in [1.54, 1.807) is 12.1 Å². The maximum atomic E-state index is 11.2. The zero-order valence-corrected chi connectivity index (χ0v) is 11.7. The molecule has 0 aliphatic carbocycles. The third kappa shape index (κ3) is 3.00. The van der Waals surface area contributed by atoms with Crippen molar-refractivity contribution in [2.75, 3.05) is 38.1 Å². The van der Waals surface area contributed by atoms with Gasteiger partial charge in [-0.3, -0.25) is 4.79 Å². The van der Waals surface area contributed by atoms with Crippen LogP contribution in [-0.2, 0) is 0 Å². The smallest absolute Gasteiger partial charge is 0.250 e. The summed E-state index contributed by atoms with van der Waals surface area (Å²) in [4.78, 5) is 15.7. The lowest BCUT2D eigenvalue weighted by Crippen LogP contribution is -2.55. The average molecular weight is 283 g/mol. The minimum absolute atomic E-state index is 0.259. The lowest BCUT2D eigenvalue weighted by Gasteiger charge is -2.41. The molecule has 1 aliphatic rings. The third-order valence-electron chi connectivity index (χ3n) is 3.51. The molecule has 1 aromatic rings. The van der Waals surface area contributed by atoms with Crippen molar-refractivity contribution in [1.29, 1.82) is 0 Å². The second-order valence-electron chi connectivity index (χ2n) is 4.87. The minimum atomic E-state index is -0.509. The van der Waals surface area contributed by atoms with Gasteiger partial charge in [-0.05, 0) is 25.2 Å². The summed E-state index contributed by atoms with van der Waals surface area (Å²) < 4.78 is 0. The molecule has 19 heavy (non-hydrogen) atoms. The average Bonchev–Trinajstić information content (AvgIpc) is 2.37. The van der Waals surface area contributed by atoms with Crippen LogP contribution in [0.25, 0.3) is 0 Å². The van der Waals surface area contributed by atoms with E-state index < -0.39 is 5.91 Å². The predicted octanol–water partition coefficient (Wildman–Crippen LogP) is 0.518. The first-order valence-electron chi connectivity index (χ1n) is 6.27. The van der Waals surface area contributed by atoms with Gasteiger partial charge < -0.3 is 21.3 Å². The highest BCUT2D eigenvalue weighted by atomic mass is 35.5. The summed E-state index contributed by atoms with van der Waals surface area (Å²) in [5, 5.41) is 0.389. The van der Waals surface area contributed by atoms with Gasteiger partial charge in [-0.25, -0.2) is 0 Å². The lowest BCUT2D eigenvalue weighted by molar-refractivity contribution is 0.100. The van der Waals surface area contributed by atoms with Crippen LogP contribution in [0.3, 0.4) is 0 Å². The number of carbonyl (C=O) groups is 1. The number of hydrogen-bond donors (Lipinski definition) is 2. The van der Waals surface area contributed by atoms with E-state index in [-0.39, 0.29) is 6.04 Å². The lowest BCUT2D eigenvalue weighted by atomic mass is 10.1. The number of amides is 1. The molecule has 0 radical (unpaired) electrons. The van der Waals surface area contributed by atoms with Crippen LogP contribution in [0.15, 0.2) is 18.2 Å². The van der Waals surface area contributed by atoms with Crippen molar-refractivity contribution < 1.29 is 4.79 Å². The molecule has 1 unspecified atom stereocenters. The second-order valence-corrected chi connectivity index (χ2v) is 5.28. The van der Waals surface area contributed by atoms with Crippen LogP contribution >= 0.6 is 11.6 Å². The molecule has 0 aromatic heterocycles. The number of halogens is 1. The Hall–Kier alpha value is -1.30. The summed E-state index contributed by atoms with van der Waals surface area (Å²) in [5.74, 6) is -0.509. The number of rotatable bonds is 3. The van der Waals surface area contributed by atoms with Gasteiger partial charge in [-0.2, -0.15) is 0 Å². The number of primary amides is 1. The maximum Gasteiger partial charge on any atom is 0.250 e. The molecule has 1 atom stereocenters. The number of carbonyl (C=O) groups excluding carboxylic acids is 1. The number of likely N-dealkylation sites (N-methyl/N-ethyl adjacent to an activating group) is 1. The van der Waals surface area contributed by atoms with Gasteiger partial charge in [0.2, 0.25) is 5.91 Å². The fourth-order valence-electron chi connectivity index (χ4n) is 2.43. The highest BCUT2D eigenvalue weighted by Gasteiger charge is 2.24. The number of anilines is 1. The number of benzene rings is 1. The number of nitrogens with zero attached hydrogens (tertiary/aromatic N) is 2. The van der Waals surface area contributed by atoms with Crippen molar-refractivity contribution in [2.24, 2.45) is 11.5 Å². The van der Waals surface area contributed by atoms with Gasteiger partial charge in [0.15, 0.2) is 0 Å². The fraction of sp³-hybridized carbons (Fsp3) is 0.462. The van der Waals surface area contributed by atoms with Crippen LogP contribution in [0.1, 0.15) is 10.4 Å². The minimum Gasteiger partial charge on any atom is -0.366 e. The van der Waals surface area contributed by atoms with Crippen molar-refractivity contribution in [1.82, 2.24) is 4.90 Å². The Balaban J connectivity index is 2.26. The molecule has 6 heteroatoms. The molecule has 1 heterocycles. The molecule has 1 fully saturated rings. The number of nitrogens with two attached hydrogens (primary N) is 2. The normalized spacial score (nSPS) is 20.6. The first kappa shape index (κ1) is 14.1. The Kier molecular flexibility index (Phi) is 4.29. The first-order chi connectivity index (χ1) is 9.02. The largest absolute Gasteiger partial charge is 0.366 e. The van der Waals surface area contributed by atoms with Gasteiger partial charge in [0.25, 0.3) is 0 Å². The summed E-state index contributed by atoms with van der Waals surface area (Å²) >= 11 is 6.09. The van der Waals surface area contributed by atoms with Gasteiger partial charge in [0, 0.05) is 31.9 Å². The van der Waals surface area contributed by atoms with Crippen molar-refractivity contribution in [2.45, 2.75) is 6.04 Å². The highest BCUT2D eigenvalue weighted by Crippen LogP contribution is 2.26. The SMILES string of the molecule is CN1CCN(c2ccc(C(N)=O)c(Cl)c2)C(CN)C1. The van der Waals surface area contributed by atoms with Gasteiger partial charge in [0.05, 0.1) is 16.6 Å². The van der Waals surface area contributed by atoms with E-state index in [1.807, 2.05) is 6.07 Å². The Labute approximate surface area is 118 Å². The standard InChI is InChI=1S/C13H19ClN4O/c1-17-4-5-18(10(7-15)8-17)9-2-3-11(13(16)19)12(14)6-9/h2-3,6,10H,4-5,7-8,15H2,1H3,(H2,16,19). The van der Waals surface area contributed by atoms with E-state index >= 15 is 0 Å². The van der Waals surface area contributed by atoms with E-state index in [4.69, 9.17) is 23.1 Å². The highest BCUT2D eigenvalue weighted by molar-refractivity contribution is 6.34. The fourth-order valence-corrected chi connectivity index (χ4v) is 2.70. The summed E-state index contributed by atoms with van der Waals surface area (Å²) in [6, 6.07) is 5.59. The Morgan fingerprint density at radius 2 is 2.21 bits per heavy atom. The molecule has 5 nitrogen and oxygen atoms in total. The Morgan fingerprint density at radius 1 is 1.47 bits per heavy atom. The maximum absolute atomic E-state index is 11.2. The summed E-state index contributed by atoms with van der Waals surface area (Å²) in [6.07, 6.45) is 0. The van der Waals surface area contributed by atoms with Gasteiger partial charge >= 0.3 is 0 Å². The molecule has 0 spiro atoms. The van der Waals surface area contributed by atoms with Crippen molar-refractivity contribution in [3.05, 3.63) is 28.8 Å². The molecule has 1 aromatic carbocycles. The first-order valence-corrected chi connectivity index (χ1v) is 6.65. The van der Waals surface area contributed by atoms with Crippen LogP contribution in [0.2, 0.25) is 5.02 Å². The Bertz CT molecular complexity index is 480. The summed E-state index contributed by atoms with van der Waals surface area (Å²) in [7, 11) is 2.09. The molecule has 2 rings (SSSR count). The molecular formula is C13H19ClN4O. The molecule has 104 valence electrons. The number of hydrogen-bond acceptors (Lipinski definition) is 4. The topological polar surface area (TPSA) is 75.6 Å². The number of piperazine rings is 1. The summed E-state index contributed by atoms with van der Waals surface area (Å²) in [6.45, 7) is 3.38. The molecule has 4 N–H and O–H groups in total. The monoisotopic (exact) mass is 282 g/mol. The third-order valence-corrected chi connectivity index (χ3v) is 3.82. The van der Waals surface area contributed by atoms with Gasteiger partial charge in [-0.1, -0.05) is 11.6 Å². The molecule has 1 amide bonds. The van der Waals surface area contributed by atoms with Crippen LogP contribution in [0, 0.1) is 0 Å². The van der Waals surface area contributed by atoms with Crippen LogP contribution < -0.4 is 16.4 Å². The van der Waals surface area contributed by atoms with Gasteiger partial charge in [0.1, 0.15) is 0 Å². The van der Waals surface area contributed by atoms with E-state index in [9.17, 15) is 4.79 Å². The van der Waals surface area contributed by atoms with Crippen LogP contribution in [0.4, 0.5) is 5.69 Å². The molecule has 0 saturated carbocycles. The van der Waals surface area contributed by atoms with Gasteiger partial charge in [-0.15, -0.1) is 0 Å². The molecule has 1 saturated heterocycles.